The summed E-state index contributed by atoms with van der Waals surface area (Å²) in [5.41, 5.74) is 2.20. The van der Waals surface area contributed by atoms with Crippen LogP contribution < -0.4 is 10.2 Å². The Morgan fingerprint density at radius 1 is 1.32 bits per heavy atom. The second-order valence-corrected chi connectivity index (χ2v) is 5.28. The normalized spacial score (nSPS) is 11.8. The number of hydrogen-bond acceptors (Lipinski definition) is 5. The van der Waals surface area contributed by atoms with Gasteiger partial charge in [0.15, 0.2) is 0 Å². The Labute approximate surface area is 130 Å². The van der Waals surface area contributed by atoms with Crippen molar-refractivity contribution in [3.05, 3.63) is 47.5 Å². The van der Waals surface area contributed by atoms with Crippen molar-refractivity contribution in [2.75, 3.05) is 19.0 Å². The Morgan fingerprint density at radius 3 is 2.55 bits per heavy atom. The summed E-state index contributed by atoms with van der Waals surface area (Å²) in [6, 6.07) is 3.77. The van der Waals surface area contributed by atoms with Crippen molar-refractivity contribution in [3.8, 4) is 0 Å². The summed E-state index contributed by atoms with van der Waals surface area (Å²) in [6.07, 6.45) is 5.83. The molecule has 22 heavy (non-hydrogen) atoms. The number of amides is 1. The van der Waals surface area contributed by atoms with Gasteiger partial charge < -0.3 is 10.2 Å². The van der Waals surface area contributed by atoms with Crippen LogP contribution >= 0.6 is 0 Å². The third-order valence-corrected chi connectivity index (χ3v) is 3.43. The molecule has 0 aliphatic carbocycles. The van der Waals surface area contributed by atoms with Crippen LogP contribution in [0.5, 0.6) is 0 Å². The first-order chi connectivity index (χ1) is 10.5. The number of carbonyl (C=O) groups excluding carboxylic acids is 1. The Bertz CT molecular complexity index is 642. The van der Waals surface area contributed by atoms with Crippen LogP contribution in [0.4, 0.5) is 5.95 Å². The van der Waals surface area contributed by atoms with Crippen molar-refractivity contribution in [2.45, 2.75) is 26.3 Å². The van der Waals surface area contributed by atoms with E-state index >= 15 is 0 Å². The fraction of sp³-hybridized carbons (Fsp3) is 0.375. The molecular weight excluding hydrogens is 278 g/mol. The van der Waals surface area contributed by atoms with E-state index in [1.807, 2.05) is 40.1 Å². The van der Waals surface area contributed by atoms with Gasteiger partial charge >= 0.3 is 0 Å². The van der Waals surface area contributed by atoms with E-state index in [9.17, 15) is 4.79 Å². The molecule has 0 bridgehead atoms. The monoisotopic (exact) mass is 299 g/mol. The van der Waals surface area contributed by atoms with E-state index in [4.69, 9.17) is 0 Å². The number of nitrogens with one attached hydrogen (secondary N) is 1. The molecule has 116 valence electrons. The molecule has 0 radical (unpaired) electrons. The Hall–Kier alpha value is -2.50. The topological polar surface area (TPSA) is 71.0 Å². The zero-order valence-electron chi connectivity index (χ0n) is 13.4. The Morgan fingerprint density at radius 2 is 2.00 bits per heavy atom. The standard InChI is InChI=1S/C16H21N5O/c1-5-14(12-6-8-17-9-7-12)20-15(22)13-10-18-16(21(3)4)19-11(13)2/h6-10,14H,5H2,1-4H3,(H,20,22)/t14-/m0/s1. The number of aromatic nitrogens is 3. The first-order valence-corrected chi connectivity index (χ1v) is 7.24. The van der Waals surface area contributed by atoms with Gasteiger partial charge in [0.1, 0.15) is 0 Å². The summed E-state index contributed by atoms with van der Waals surface area (Å²) in [6.45, 7) is 3.85. The minimum Gasteiger partial charge on any atom is -0.347 e. The van der Waals surface area contributed by atoms with Crippen molar-refractivity contribution in [1.29, 1.82) is 0 Å². The molecule has 0 aromatic carbocycles. The van der Waals surface area contributed by atoms with Gasteiger partial charge in [-0.2, -0.15) is 0 Å². The predicted octanol–water partition coefficient (Wildman–Crippen LogP) is 2.13. The molecule has 0 saturated carbocycles. The van der Waals surface area contributed by atoms with Gasteiger partial charge in [0, 0.05) is 32.7 Å². The molecule has 6 heteroatoms. The highest BCUT2D eigenvalue weighted by Gasteiger charge is 2.17. The van der Waals surface area contributed by atoms with E-state index < -0.39 is 0 Å². The fourth-order valence-corrected chi connectivity index (χ4v) is 2.15. The second-order valence-electron chi connectivity index (χ2n) is 5.28. The lowest BCUT2D eigenvalue weighted by Gasteiger charge is -2.18. The first-order valence-electron chi connectivity index (χ1n) is 7.24. The number of rotatable bonds is 5. The van der Waals surface area contributed by atoms with E-state index in [1.54, 1.807) is 23.5 Å². The van der Waals surface area contributed by atoms with Gasteiger partial charge in [-0.1, -0.05) is 6.92 Å². The van der Waals surface area contributed by atoms with Crippen LogP contribution in [0.15, 0.2) is 30.7 Å². The smallest absolute Gasteiger partial charge is 0.255 e. The maximum absolute atomic E-state index is 12.5. The molecule has 1 N–H and O–H groups in total. The number of nitrogens with zero attached hydrogens (tertiary/aromatic N) is 4. The lowest BCUT2D eigenvalue weighted by molar-refractivity contribution is 0.0934. The van der Waals surface area contributed by atoms with Gasteiger partial charge in [-0.3, -0.25) is 9.78 Å². The summed E-state index contributed by atoms with van der Waals surface area (Å²) in [4.78, 5) is 26.8. The van der Waals surface area contributed by atoms with Crippen LogP contribution in [0.2, 0.25) is 0 Å². The average Bonchev–Trinajstić information content (AvgIpc) is 2.53. The predicted molar refractivity (Wildman–Crippen MR) is 85.8 cm³/mol. The number of aryl methyl sites for hydroxylation is 1. The SMILES string of the molecule is CC[C@H](NC(=O)c1cnc(N(C)C)nc1C)c1ccncc1. The van der Waals surface area contributed by atoms with E-state index in [-0.39, 0.29) is 11.9 Å². The highest BCUT2D eigenvalue weighted by Crippen LogP contribution is 2.17. The van der Waals surface area contributed by atoms with Gasteiger partial charge in [0.25, 0.3) is 5.91 Å². The fourth-order valence-electron chi connectivity index (χ4n) is 2.15. The van der Waals surface area contributed by atoms with Gasteiger partial charge in [-0.15, -0.1) is 0 Å². The van der Waals surface area contributed by atoms with E-state index in [2.05, 4.69) is 20.3 Å². The van der Waals surface area contributed by atoms with Gasteiger partial charge in [-0.05, 0) is 31.0 Å². The van der Waals surface area contributed by atoms with Crippen LogP contribution in [0, 0.1) is 6.92 Å². The number of anilines is 1. The molecule has 1 atom stereocenters. The van der Waals surface area contributed by atoms with Gasteiger partial charge in [0.2, 0.25) is 5.95 Å². The van der Waals surface area contributed by atoms with Gasteiger partial charge in [0.05, 0.1) is 17.3 Å². The number of hydrogen-bond donors (Lipinski definition) is 1. The highest BCUT2D eigenvalue weighted by atomic mass is 16.1. The molecule has 1 amide bonds. The lowest BCUT2D eigenvalue weighted by atomic mass is 10.1. The molecule has 0 fully saturated rings. The zero-order valence-corrected chi connectivity index (χ0v) is 13.4. The van der Waals surface area contributed by atoms with Crippen molar-refractivity contribution in [3.63, 3.8) is 0 Å². The highest BCUT2D eigenvalue weighted by molar-refractivity contribution is 5.95. The quantitative estimate of drug-likeness (QED) is 0.915. The van der Waals surface area contributed by atoms with Crippen molar-refractivity contribution < 1.29 is 4.79 Å². The lowest BCUT2D eigenvalue weighted by Crippen LogP contribution is -2.29. The molecule has 6 nitrogen and oxygen atoms in total. The molecule has 0 unspecified atom stereocenters. The minimum atomic E-state index is -0.161. The number of carbonyl (C=O) groups is 1. The van der Waals surface area contributed by atoms with E-state index in [0.29, 0.717) is 17.2 Å². The van der Waals surface area contributed by atoms with Crippen LogP contribution in [-0.2, 0) is 0 Å². The Kier molecular flexibility index (Phi) is 5.04. The largest absolute Gasteiger partial charge is 0.347 e. The summed E-state index contributed by atoms with van der Waals surface area (Å²) >= 11 is 0. The molecule has 2 rings (SSSR count). The molecule has 0 spiro atoms. The second kappa shape index (κ2) is 6.98. The molecule has 0 aliphatic rings. The van der Waals surface area contributed by atoms with Crippen LogP contribution in [0.1, 0.15) is 41.0 Å². The zero-order chi connectivity index (χ0) is 16.1. The molecule has 2 aromatic heterocycles. The van der Waals surface area contributed by atoms with Crippen molar-refractivity contribution in [1.82, 2.24) is 20.3 Å². The van der Waals surface area contributed by atoms with Crippen LogP contribution in [-0.4, -0.2) is 35.0 Å². The molecule has 0 saturated heterocycles. The van der Waals surface area contributed by atoms with Crippen molar-refractivity contribution in [2.24, 2.45) is 0 Å². The van der Waals surface area contributed by atoms with E-state index in [0.717, 1.165) is 12.0 Å². The third kappa shape index (κ3) is 3.58. The summed E-state index contributed by atoms with van der Waals surface area (Å²) in [5, 5.41) is 3.03. The first kappa shape index (κ1) is 15.9. The van der Waals surface area contributed by atoms with E-state index in [1.165, 1.54) is 0 Å². The molecular formula is C16H21N5O. The minimum absolute atomic E-state index is 0.0524. The Balaban J connectivity index is 2.18. The summed E-state index contributed by atoms with van der Waals surface area (Å²) in [7, 11) is 3.73. The summed E-state index contributed by atoms with van der Waals surface area (Å²) in [5.74, 6) is 0.432. The molecule has 2 aromatic rings. The third-order valence-electron chi connectivity index (χ3n) is 3.43. The van der Waals surface area contributed by atoms with Crippen LogP contribution in [0.25, 0.3) is 0 Å². The average molecular weight is 299 g/mol. The molecule has 2 heterocycles. The van der Waals surface area contributed by atoms with Gasteiger partial charge in [-0.25, -0.2) is 9.97 Å². The summed E-state index contributed by atoms with van der Waals surface area (Å²) < 4.78 is 0. The van der Waals surface area contributed by atoms with Crippen LogP contribution in [0.3, 0.4) is 0 Å². The maximum atomic E-state index is 12.5. The molecule has 0 aliphatic heterocycles. The van der Waals surface area contributed by atoms with Crippen molar-refractivity contribution >= 4 is 11.9 Å². The number of pyridine rings is 1. The maximum Gasteiger partial charge on any atom is 0.255 e.